The molecule has 1 aliphatic heterocycles. The van der Waals surface area contributed by atoms with Crippen molar-refractivity contribution >= 4 is 0 Å². The van der Waals surface area contributed by atoms with Crippen LogP contribution in [0.4, 0.5) is 4.39 Å². The average molecular weight is 266 g/mol. The fourth-order valence-electron chi connectivity index (χ4n) is 2.29. The van der Waals surface area contributed by atoms with E-state index in [1.807, 2.05) is 0 Å². The minimum atomic E-state index is -0.185. The SMILES string of the molecule is CC(CCN(C)C)NCC1Cc2cc(F)ccc2O1. The molecule has 106 valence electrons. The zero-order valence-corrected chi connectivity index (χ0v) is 11.9. The van der Waals surface area contributed by atoms with Gasteiger partial charge in [-0.3, -0.25) is 0 Å². The topological polar surface area (TPSA) is 24.5 Å². The summed E-state index contributed by atoms with van der Waals surface area (Å²) in [5.41, 5.74) is 0.979. The number of halogens is 1. The van der Waals surface area contributed by atoms with Crippen LogP contribution in [0.1, 0.15) is 18.9 Å². The van der Waals surface area contributed by atoms with Crippen molar-refractivity contribution in [2.24, 2.45) is 0 Å². The van der Waals surface area contributed by atoms with Gasteiger partial charge in [-0.25, -0.2) is 4.39 Å². The fraction of sp³-hybridized carbons (Fsp3) is 0.600. The molecule has 0 fully saturated rings. The van der Waals surface area contributed by atoms with Gasteiger partial charge in [-0.2, -0.15) is 0 Å². The molecule has 1 aliphatic rings. The zero-order chi connectivity index (χ0) is 13.8. The van der Waals surface area contributed by atoms with Crippen molar-refractivity contribution in [1.82, 2.24) is 10.2 Å². The van der Waals surface area contributed by atoms with Gasteiger partial charge in [0.05, 0.1) is 0 Å². The first-order valence-electron chi connectivity index (χ1n) is 6.88. The molecule has 0 spiro atoms. The van der Waals surface area contributed by atoms with E-state index in [1.165, 1.54) is 6.07 Å². The number of fused-ring (bicyclic) bond motifs is 1. The average Bonchev–Trinajstić information content (AvgIpc) is 2.75. The molecule has 0 radical (unpaired) electrons. The minimum Gasteiger partial charge on any atom is -0.488 e. The van der Waals surface area contributed by atoms with E-state index in [1.54, 1.807) is 12.1 Å². The number of rotatable bonds is 6. The summed E-state index contributed by atoms with van der Waals surface area (Å²) in [6, 6.07) is 5.21. The van der Waals surface area contributed by atoms with Crippen molar-refractivity contribution in [2.75, 3.05) is 27.2 Å². The lowest BCUT2D eigenvalue weighted by Gasteiger charge is -2.19. The van der Waals surface area contributed by atoms with E-state index in [0.717, 1.165) is 37.2 Å². The van der Waals surface area contributed by atoms with Crippen LogP contribution in [0.5, 0.6) is 5.75 Å². The van der Waals surface area contributed by atoms with Crippen LogP contribution in [-0.4, -0.2) is 44.2 Å². The lowest BCUT2D eigenvalue weighted by atomic mass is 10.1. The maximum atomic E-state index is 13.1. The highest BCUT2D eigenvalue weighted by atomic mass is 19.1. The van der Waals surface area contributed by atoms with Gasteiger partial charge < -0.3 is 15.0 Å². The van der Waals surface area contributed by atoms with Gasteiger partial charge in [-0.15, -0.1) is 0 Å². The van der Waals surface area contributed by atoms with Crippen LogP contribution in [0.15, 0.2) is 18.2 Å². The molecule has 2 unspecified atom stereocenters. The van der Waals surface area contributed by atoms with Crippen LogP contribution in [0.25, 0.3) is 0 Å². The van der Waals surface area contributed by atoms with Gasteiger partial charge in [-0.1, -0.05) is 0 Å². The predicted octanol–water partition coefficient (Wildman–Crippen LogP) is 2.06. The lowest BCUT2D eigenvalue weighted by Crippen LogP contribution is -2.37. The van der Waals surface area contributed by atoms with E-state index < -0.39 is 0 Å². The highest BCUT2D eigenvalue weighted by molar-refractivity contribution is 5.37. The molecule has 4 heteroatoms. The van der Waals surface area contributed by atoms with Crippen LogP contribution >= 0.6 is 0 Å². The Balaban J connectivity index is 1.75. The second-order valence-electron chi connectivity index (χ2n) is 5.60. The summed E-state index contributed by atoms with van der Waals surface area (Å²) in [7, 11) is 4.16. The molecule has 19 heavy (non-hydrogen) atoms. The van der Waals surface area contributed by atoms with Crippen LogP contribution in [-0.2, 0) is 6.42 Å². The van der Waals surface area contributed by atoms with Crippen LogP contribution in [0.3, 0.4) is 0 Å². The number of hydrogen-bond donors (Lipinski definition) is 1. The quantitative estimate of drug-likeness (QED) is 0.853. The maximum Gasteiger partial charge on any atom is 0.123 e. The smallest absolute Gasteiger partial charge is 0.123 e. The fourth-order valence-corrected chi connectivity index (χ4v) is 2.29. The Labute approximate surface area is 114 Å². The summed E-state index contributed by atoms with van der Waals surface area (Å²) in [5.74, 6) is 0.643. The highest BCUT2D eigenvalue weighted by Gasteiger charge is 2.23. The van der Waals surface area contributed by atoms with Gasteiger partial charge in [0.25, 0.3) is 0 Å². The van der Waals surface area contributed by atoms with Crippen molar-refractivity contribution in [2.45, 2.75) is 31.9 Å². The lowest BCUT2D eigenvalue weighted by molar-refractivity contribution is 0.219. The first-order valence-corrected chi connectivity index (χ1v) is 6.88. The molecule has 1 heterocycles. The molecule has 0 aliphatic carbocycles. The third-order valence-corrected chi connectivity index (χ3v) is 3.47. The van der Waals surface area contributed by atoms with E-state index in [4.69, 9.17) is 4.74 Å². The second-order valence-corrected chi connectivity index (χ2v) is 5.60. The van der Waals surface area contributed by atoms with Gasteiger partial charge in [0, 0.05) is 24.6 Å². The van der Waals surface area contributed by atoms with Crippen molar-refractivity contribution in [3.63, 3.8) is 0 Å². The summed E-state index contributed by atoms with van der Waals surface area (Å²) in [4.78, 5) is 2.18. The summed E-state index contributed by atoms with van der Waals surface area (Å²) < 4.78 is 18.9. The van der Waals surface area contributed by atoms with Gasteiger partial charge in [0.1, 0.15) is 17.7 Å². The Bertz CT molecular complexity index is 423. The van der Waals surface area contributed by atoms with E-state index in [-0.39, 0.29) is 11.9 Å². The highest BCUT2D eigenvalue weighted by Crippen LogP contribution is 2.28. The van der Waals surface area contributed by atoms with Gasteiger partial charge in [0.15, 0.2) is 0 Å². The van der Waals surface area contributed by atoms with Crippen molar-refractivity contribution in [3.8, 4) is 5.75 Å². The number of benzene rings is 1. The second kappa shape index (κ2) is 6.35. The molecule has 1 N–H and O–H groups in total. The summed E-state index contributed by atoms with van der Waals surface area (Å²) in [6.45, 7) is 4.07. The first-order chi connectivity index (χ1) is 9.04. The molecule has 2 atom stereocenters. The Morgan fingerprint density at radius 1 is 1.47 bits per heavy atom. The van der Waals surface area contributed by atoms with E-state index in [0.29, 0.717) is 6.04 Å². The minimum absolute atomic E-state index is 0.124. The first kappa shape index (κ1) is 14.3. The summed E-state index contributed by atoms with van der Waals surface area (Å²) in [5, 5.41) is 3.48. The third-order valence-electron chi connectivity index (χ3n) is 3.47. The van der Waals surface area contributed by atoms with E-state index >= 15 is 0 Å². The predicted molar refractivity (Wildman–Crippen MR) is 75.2 cm³/mol. The molecule has 1 aromatic carbocycles. The molecule has 0 bridgehead atoms. The summed E-state index contributed by atoms with van der Waals surface area (Å²) in [6.07, 6.45) is 2.03. The zero-order valence-electron chi connectivity index (χ0n) is 11.9. The molecular formula is C15H23FN2O. The molecule has 0 amide bonds. The number of nitrogens with one attached hydrogen (secondary N) is 1. The Morgan fingerprint density at radius 2 is 2.26 bits per heavy atom. The monoisotopic (exact) mass is 266 g/mol. The standard InChI is InChI=1S/C15H23FN2O/c1-11(6-7-18(2)3)17-10-14-9-12-8-13(16)4-5-15(12)19-14/h4-5,8,11,14,17H,6-7,9-10H2,1-3H3. The number of nitrogens with zero attached hydrogens (tertiary/aromatic N) is 1. The molecule has 3 nitrogen and oxygen atoms in total. The molecule has 0 saturated carbocycles. The Morgan fingerprint density at radius 3 is 3.00 bits per heavy atom. The number of ether oxygens (including phenoxy) is 1. The molecular weight excluding hydrogens is 243 g/mol. The van der Waals surface area contributed by atoms with E-state index in [9.17, 15) is 4.39 Å². The molecule has 2 rings (SSSR count). The third kappa shape index (κ3) is 4.18. The molecule has 1 aromatic rings. The van der Waals surface area contributed by atoms with Crippen molar-refractivity contribution < 1.29 is 9.13 Å². The normalized spacial score (nSPS) is 19.3. The van der Waals surface area contributed by atoms with Gasteiger partial charge in [0.2, 0.25) is 0 Å². The van der Waals surface area contributed by atoms with Crippen LogP contribution in [0, 0.1) is 5.82 Å². The molecule has 0 aromatic heterocycles. The van der Waals surface area contributed by atoms with E-state index in [2.05, 4.69) is 31.2 Å². The molecule has 0 saturated heterocycles. The van der Waals surface area contributed by atoms with Crippen LogP contribution in [0.2, 0.25) is 0 Å². The Hall–Kier alpha value is -1.13. The maximum absolute atomic E-state index is 13.1. The Kier molecular flexibility index (Phi) is 4.77. The number of hydrogen-bond acceptors (Lipinski definition) is 3. The van der Waals surface area contributed by atoms with Gasteiger partial charge >= 0.3 is 0 Å². The largest absolute Gasteiger partial charge is 0.488 e. The van der Waals surface area contributed by atoms with Gasteiger partial charge in [-0.05, 0) is 52.2 Å². The van der Waals surface area contributed by atoms with Crippen molar-refractivity contribution in [1.29, 1.82) is 0 Å². The van der Waals surface area contributed by atoms with Crippen LogP contribution < -0.4 is 10.1 Å². The summed E-state index contributed by atoms with van der Waals surface area (Å²) >= 11 is 0. The van der Waals surface area contributed by atoms with Crippen molar-refractivity contribution in [3.05, 3.63) is 29.6 Å².